The van der Waals surface area contributed by atoms with Crippen molar-refractivity contribution < 1.29 is 14.6 Å². The molecular weight excluding hydrogens is 326 g/mol. The zero-order chi connectivity index (χ0) is 18.2. The van der Waals surface area contributed by atoms with Crippen LogP contribution in [-0.2, 0) is 17.7 Å². The van der Waals surface area contributed by atoms with E-state index in [1.807, 2.05) is 36.4 Å². The molecule has 2 aromatic rings. The molecule has 0 bridgehead atoms. The number of benzene rings is 2. The van der Waals surface area contributed by atoms with Crippen molar-refractivity contribution in [3.8, 4) is 5.75 Å². The average molecular weight is 355 g/mol. The number of para-hydroxylation sites is 1. The number of ether oxygens (including phenoxy) is 2. The fourth-order valence-electron chi connectivity index (χ4n) is 3.60. The molecule has 1 aliphatic rings. The number of aliphatic hydroxyl groups excluding tert-OH is 1. The van der Waals surface area contributed by atoms with Crippen LogP contribution in [0.4, 0.5) is 0 Å². The lowest BCUT2D eigenvalue weighted by molar-refractivity contribution is 0.0461. The summed E-state index contributed by atoms with van der Waals surface area (Å²) in [6, 6.07) is 18.2. The molecule has 26 heavy (non-hydrogen) atoms. The van der Waals surface area contributed by atoms with Crippen LogP contribution in [0.25, 0.3) is 0 Å². The lowest BCUT2D eigenvalue weighted by atomic mass is 10.1. The quantitative estimate of drug-likeness (QED) is 0.750. The second-order valence-corrected chi connectivity index (χ2v) is 6.98. The molecule has 1 fully saturated rings. The maximum Gasteiger partial charge on any atom is 0.123 e. The van der Waals surface area contributed by atoms with Gasteiger partial charge >= 0.3 is 0 Å². The third-order valence-electron chi connectivity index (χ3n) is 4.86. The Bertz CT molecular complexity index is 655. The molecule has 0 aliphatic carbocycles. The van der Waals surface area contributed by atoms with Crippen LogP contribution in [0.3, 0.4) is 0 Å². The van der Waals surface area contributed by atoms with Crippen LogP contribution in [0, 0.1) is 0 Å². The van der Waals surface area contributed by atoms with Gasteiger partial charge in [-0.1, -0.05) is 48.5 Å². The molecule has 0 saturated carbocycles. The van der Waals surface area contributed by atoms with Gasteiger partial charge in [0.25, 0.3) is 0 Å². The van der Waals surface area contributed by atoms with Crippen LogP contribution in [0.15, 0.2) is 54.6 Å². The molecule has 0 spiro atoms. The van der Waals surface area contributed by atoms with Crippen molar-refractivity contribution >= 4 is 0 Å². The first-order valence-electron chi connectivity index (χ1n) is 9.42. The summed E-state index contributed by atoms with van der Waals surface area (Å²) in [4.78, 5) is 2.29. The molecule has 0 aromatic heterocycles. The van der Waals surface area contributed by atoms with Gasteiger partial charge in [0.2, 0.25) is 0 Å². The molecule has 1 heterocycles. The van der Waals surface area contributed by atoms with E-state index in [2.05, 4.69) is 23.1 Å². The number of nitrogens with zero attached hydrogens (tertiary/aromatic N) is 1. The fraction of sp³-hybridized carbons (Fsp3) is 0.455. The van der Waals surface area contributed by atoms with Gasteiger partial charge in [-0.05, 0) is 30.9 Å². The van der Waals surface area contributed by atoms with E-state index in [0.29, 0.717) is 13.0 Å². The van der Waals surface area contributed by atoms with Gasteiger partial charge in [-0.3, -0.25) is 4.90 Å². The van der Waals surface area contributed by atoms with Gasteiger partial charge in [0.05, 0.1) is 19.3 Å². The molecule has 2 atom stereocenters. The fourth-order valence-corrected chi connectivity index (χ4v) is 3.60. The molecular formula is C22H29NO3. The number of aliphatic hydroxyl groups is 1. The Morgan fingerprint density at radius 3 is 2.65 bits per heavy atom. The molecule has 1 saturated heterocycles. The predicted octanol–water partition coefficient (Wildman–Crippen LogP) is 3.28. The molecule has 0 amide bonds. The molecule has 0 unspecified atom stereocenters. The van der Waals surface area contributed by atoms with Crippen LogP contribution in [0.2, 0.25) is 0 Å². The molecule has 0 radical (unpaired) electrons. The van der Waals surface area contributed by atoms with Gasteiger partial charge in [0, 0.05) is 31.8 Å². The summed E-state index contributed by atoms with van der Waals surface area (Å²) in [6.07, 6.45) is 2.73. The van der Waals surface area contributed by atoms with Crippen LogP contribution in [0.1, 0.15) is 24.0 Å². The summed E-state index contributed by atoms with van der Waals surface area (Å²) in [6.45, 7) is 3.05. The largest absolute Gasteiger partial charge is 0.496 e. The summed E-state index contributed by atoms with van der Waals surface area (Å²) in [5.74, 6) is 0.891. The molecule has 140 valence electrons. The molecule has 2 aromatic carbocycles. The summed E-state index contributed by atoms with van der Waals surface area (Å²) >= 11 is 0. The van der Waals surface area contributed by atoms with E-state index in [1.165, 1.54) is 0 Å². The zero-order valence-corrected chi connectivity index (χ0v) is 15.5. The van der Waals surface area contributed by atoms with Crippen molar-refractivity contribution in [3.63, 3.8) is 0 Å². The number of hydrogen-bond donors (Lipinski definition) is 1. The molecule has 4 heteroatoms. The monoisotopic (exact) mass is 355 g/mol. The maximum absolute atomic E-state index is 10.6. The van der Waals surface area contributed by atoms with Crippen LogP contribution in [-0.4, -0.2) is 49.0 Å². The minimum Gasteiger partial charge on any atom is -0.496 e. The van der Waals surface area contributed by atoms with E-state index < -0.39 is 6.10 Å². The van der Waals surface area contributed by atoms with E-state index in [-0.39, 0.29) is 6.10 Å². The van der Waals surface area contributed by atoms with E-state index >= 15 is 0 Å². The molecule has 1 N–H and O–H groups in total. The molecule has 4 nitrogen and oxygen atoms in total. The number of methoxy groups -OCH3 is 1. The van der Waals surface area contributed by atoms with Crippen LogP contribution < -0.4 is 4.74 Å². The van der Waals surface area contributed by atoms with Gasteiger partial charge < -0.3 is 14.6 Å². The van der Waals surface area contributed by atoms with Crippen molar-refractivity contribution in [1.29, 1.82) is 0 Å². The van der Waals surface area contributed by atoms with E-state index in [0.717, 1.165) is 49.4 Å². The van der Waals surface area contributed by atoms with Gasteiger partial charge in [-0.2, -0.15) is 0 Å². The molecule has 1 aliphatic heterocycles. The van der Waals surface area contributed by atoms with Gasteiger partial charge in [0.1, 0.15) is 5.75 Å². The number of hydrogen-bond acceptors (Lipinski definition) is 4. The second kappa shape index (κ2) is 9.72. The van der Waals surface area contributed by atoms with E-state index in [1.54, 1.807) is 7.11 Å². The highest BCUT2D eigenvalue weighted by atomic mass is 16.5. The van der Waals surface area contributed by atoms with Gasteiger partial charge in [-0.25, -0.2) is 0 Å². The Morgan fingerprint density at radius 2 is 1.92 bits per heavy atom. The standard InChI is InChI=1S/C22H29NO3/c1-25-22-12-6-5-10-19(22)15-23(17-21-11-7-13-26-21)16-20(24)14-18-8-3-2-4-9-18/h2-6,8-10,12,20-21,24H,7,11,13-17H2,1H3/t20-,21-/m1/s1. The number of rotatable bonds is 9. The van der Waals surface area contributed by atoms with Crippen molar-refractivity contribution in [2.75, 3.05) is 26.8 Å². The topological polar surface area (TPSA) is 41.9 Å². The normalized spacial score (nSPS) is 18.2. The van der Waals surface area contributed by atoms with Gasteiger partial charge in [0.15, 0.2) is 0 Å². The minimum atomic E-state index is -0.409. The lowest BCUT2D eigenvalue weighted by Crippen LogP contribution is -2.38. The first kappa shape index (κ1) is 18.9. The smallest absolute Gasteiger partial charge is 0.123 e. The minimum absolute atomic E-state index is 0.258. The lowest BCUT2D eigenvalue weighted by Gasteiger charge is -2.28. The Hall–Kier alpha value is -1.88. The summed E-state index contributed by atoms with van der Waals surface area (Å²) in [5, 5.41) is 10.6. The maximum atomic E-state index is 10.6. The van der Waals surface area contributed by atoms with Crippen molar-refractivity contribution in [2.24, 2.45) is 0 Å². The van der Waals surface area contributed by atoms with Crippen LogP contribution >= 0.6 is 0 Å². The highest BCUT2D eigenvalue weighted by Gasteiger charge is 2.22. The Morgan fingerprint density at radius 1 is 1.15 bits per heavy atom. The Labute approximate surface area is 156 Å². The van der Waals surface area contributed by atoms with E-state index in [4.69, 9.17) is 9.47 Å². The van der Waals surface area contributed by atoms with Crippen molar-refractivity contribution in [1.82, 2.24) is 4.90 Å². The van der Waals surface area contributed by atoms with Crippen LogP contribution in [0.5, 0.6) is 5.75 Å². The molecule has 3 rings (SSSR count). The van der Waals surface area contributed by atoms with Gasteiger partial charge in [-0.15, -0.1) is 0 Å². The Kier molecular flexibility index (Phi) is 7.06. The third-order valence-corrected chi connectivity index (χ3v) is 4.86. The average Bonchev–Trinajstić information content (AvgIpc) is 3.16. The summed E-state index contributed by atoms with van der Waals surface area (Å²) in [5.41, 5.74) is 2.30. The second-order valence-electron chi connectivity index (χ2n) is 6.98. The SMILES string of the molecule is COc1ccccc1CN(C[C@H](O)Cc1ccccc1)C[C@H]1CCCO1. The summed E-state index contributed by atoms with van der Waals surface area (Å²) in [7, 11) is 1.70. The van der Waals surface area contributed by atoms with E-state index in [9.17, 15) is 5.11 Å². The van der Waals surface area contributed by atoms with Crippen molar-refractivity contribution in [2.45, 2.75) is 38.0 Å². The Balaban J connectivity index is 1.66. The highest BCUT2D eigenvalue weighted by molar-refractivity contribution is 5.33. The first-order chi connectivity index (χ1) is 12.7. The summed E-state index contributed by atoms with van der Waals surface area (Å²) < 4.78 is 11.3. The predicted molar refractivity (Wildman–Crippen MR) is 103 cm³/mol. The highest BCUT2D eigenvalue weighted by Crippen LogP contribution is 2.21. The first-order valence-corrected chi connectivity index (χ1v) is 9.42. The third kappa shape index (κ3) is 5.56. The van der Waals surface area contributed by atoms with Crippen molar-refractivity contribution in [3.05, 3.63) is 65.7 Å². The zero-order valence-electron chi connectivity index (χ0n) is 15.5.